The molecule has 0 amide bonds. The maximum absolute atomic E-state index is 13.4. The molecule has 1 unspecified atom stereocenters. The summed E-state index contributed by atoms with van der Waals surface area (Å²) >= 11 is 0. The van der Waals surface area contributed by atoms with Crippen LogP contribution in [0.15, 0.2) is 24.3 Å². The number of aliphatic hydroxyl groups excluding tert-OH is 1. The lowest BCUT2D eigenvalue weighted by molar-refractivity contribution is 0.211. The molecule has 1 aromatic rings. The lowest BCUT2D eigenvalue weighted by Crippen LogP contribution is -2.00. The van der Waals surface area contributed by atoms with Crippen molar-refractivity contribution in [2.45, 2.75) is 38.7 Å². The molecule has 0 aliphatic heterocycles. The number of hydrogen-bond donors (Lipinski definition) is 1. The molecule has 1 aromatic carbocycles. The third kappa shape index (κ3) is 2.50. The summed E-state index contributed by atoms with van der Waals surface area (Å²) in [5.41, 5.74) is 2.64. The van der Waals surface area contributed by atoms with Gasteiger partial charge in [-0.25, -0.2) is 4.39 Å². The summed E-state index contributed by atoms with van der Waals surface area (Å²) < 4.78 is 13.4. The normalized spacial score (nSPS) is 21.4. The highest BCUT2D eigenvalue weighted by Crippen LogP contribution is 2.27. The Bertz CT molecular complexity index is 409. The fraction of sp³-hybridized carbons (Fsp3) is 0.429. The molecule has 0 radical (unpaired) electrons. The molecule has 86 valence electrons. The molecule has 2 heteroatoms. The summed E-state index contributed by atoms with van der Waals surface area (Å²) in [6.07, 6.45) is 5.35. The van der Waals surface area contributed by atoms with Gasteiger partial charge in [-0.15, -0.1) is 0 Å². The molecule has 1 N–H and O–H groups in total. The van der Waals surface area contributed by atoms with E-state index in [1.807, 2.05) is 12.1 Å². The Balaban J connectivity index is 2.31. The van der Waals surface area contributed by atoms with E-state index in [1.165, 1.54) is 0 Å². The Morgan fingerprint density at radius 1 is 1.31 bits per heavy atom. The van der Waals surface area contributed by atoms with Crippen molar-refractivity contribution >= 4 is 5.57 Å². The van der Waals surface area contributed by atoms with E-state index >= 15 is 0 Å². The SMILES string of the molecule is Cc1ccc(C2=CC(O)CCCC2)cc1F. The number of allylic oxidation sites excluding steroid dienone is 1. The number of aryl methyl sites for hydroxylation is 1. The van der Waals surface area contributed by atoms with Gasteiger partial charge in [0.15, 0.2) is 0 Å². The van der Waals surface area contributed by atoms with Gasteiger partial charge in [-0.05, 0) is 49.0 Å². The van der Waals surface area contributed by atoms with Crippen LogP contribution in [-0.4, -0.2) is 11.2 Å². The monoisotopic (exact) mass is 220 g/mol. The zero-order valence-electron chi connectivity index (χ0n) is 9.54. The predicted octanol–water partition coefficient (Wildman–Crippen LogP) is 3.45. The Kier molecular flexibility index (Phi) is 3.39. The second kappa shape index (κ2) is 4.79. The first-order valence-electron chi connectivity index (χ1n) is 5.82. The van der Waals surface area contributed by atoms with Crippen LogP contribution in [0.1, 0.15) is 36.8 Å². The highest BCUT2D eigenvalue weighted by atomic mass is 19.1. The number of benzene rings is 1. The van der Waals surface area contributed by atoms with Gasteiger partial charge in [0.1, 0.15) is 5.82 Å². The molecule has 0 aromatic heterocycles. The zero-order chi connectivity index (χ0) is 11.5. The van der Waals surface area contributed by atoms with Crippen LogP contribution in [0.25, 0.3) is 5.57 Å². The van der Waals surface area contributed by atoms with E-state index in [4.69, 9.17) is 0 Å². The molecular weight excluding hydrogens is 203 g/mol. The second-order valence-corrected chi connectivity index (χ2v) is 4.47. The van der Waals surface area contributed by atoms with Crippen molar-refractivity contribution in [1.82, 2.24) is 0 Å². The minimum atomic E-state index is -0.373. The number of hydrogen-bond acceptors (Lipinski definition) is 1. The fourth-order valence-electron chi connectivity index (χ4n) is 2.10. The van der Waals surface area contributed by atoms with Crippen LogP contribution in [0.2, 0.25) is 0 Å². The molecule has 0 bridgehead atoms. The number of rotatable bonds is 1. The maximum Gasteiger partial charge on any atom is 0.126 e. The van der Waals surface area contributed by atoms with Gasteiger partial charge >= 0.3 is 0 Å². The van der Waals surface area contributed by atoms with Gasteiger partial charge in [-0.1, -0.05) is 24.6 Å². The number of halogens is 1. The molecule has 0 spiro atoms. The van der Waals surface area contributed by atoms with E-state index in [0.29, 0.717) is 5.56 Å². The highest BCUT2D eigenvalue weighted by molar-refractivity contribution is 5.66. The summed E-state index contributed by atoms with van der Waals surface area (Å²) in [5, 5.41) is 9.67. The topological polar surface area (TPSA) is 20.2 Å². The lowest BCUT2D eigenvalue weighted by atomic mass is 10.00. The van der Waals surface area contributed by atoms with Crippen LogP contribution in [0.3, 0.4) is 0 Å². The Hall–Kier alpha value is -1.15. The van der Waals surface area contributed by atoms with Gasteiger partial charge in [0.25, 0.3) is 0 Å². The first-order valence-corrected chi connectivity index (χ1v) is 5.82. The molecule has 1 aliphatic rings. The van der Waals surface area contributed by atoms with Gasteiger partial charge in [-0.2, -0.15) is 0 Å². The van der Waals surface area contributed by atoms with Gasteiger partial charge in [0.2, 0.25) is 0 Å². The molecule has 1 aliphatic carbocycles. The van der Waals surface area contributed by atoms with E-state index in [0.717, 1.165) is 36.8 Å². The van der Waals surface area contributed by atoms with E-state index in [9.17, 15) is 9.50 Å². The highest BCUT2D eigenvalue weighted by Gasteiger charge is 2.11. The molecule has 0 saturated heterocycles. The van der Waals surface area contributed by atoms with Crippen LogP contribution in [0.5, 0.6) is 0 Å². The van der Waals surface area contributed by atoms with Crippen LogP contribution in [0, 0.1) is 12.7 Å². The summed E-state index contributed by atoms with van der Waals surface area (Å²) in [5.74, 6) is -0.169. The van der Waals surface area contributed by atoms with Crippen LogP contribution < -0.4 is 0 Å². The van der Waals surface area contributed by atoms with E-state index in [1.54, 1.807) is 19.1 Å². The predicted molar refractivity (Wildman–Crippen MR) is 63.6 cm³/mol. The van der Waals surface area contributed by atoms with Gasteiger partial charge in [0.05, 0.1) is 6.10 Å². The third-order valence-corrected chi connectivity index (χ3v) is 3.13. The minimum absolute atomic E-state index is 0.169. The molecule has 1 atom stereocenters. The van der Waals surface area contributed by atoms with Crippen LogP contribution >= 0.6 is 0 Å². The average molecular weight is 220 g/mol. The van der Waals surface area contributed by atoms with Gasteiger partial charge in [-0.3, -0.25) is 0 Å². The maximum atomic E-state index is 13.4. The second-order valence-electron chi connectivity index (χ2n) is 4.47. The molecule has 2 rings (SSSR count). The summed E-state index contributed by atoms with van der Waals surface area (Å²) in [6.45, 7) is 1.76. The van der Waals surface area contributed by atoms with Crippen molar-refractivity contribution in [3.05, 3.63) is 41.2 Å². The smallest absolute Gasteiger partial charge is 0.126 e. The Labute approximate surface area is 95.6 Å². The summed E-state index contributed by atoms with van der Waals surface area (Å²) in [7, 11) is 0. The van der Waals surface area contributed by atoms with E-state index in [-0.39, 0.29) is 11.9 Å². The summed E-state index contributed by atoms with van der Waals surface area (Å²) in [4.78, 5) is 0. The zero-order valence-corrected chi connectivity index (χ0v) is 9.54. The molecule has 0 fully saturated rings. The largest absolute Gasteiger partial charge is 0.389 e. The first-order chi connectivity index (χ1) is 7.66. The molecular formula is C14H17FO. The molecule has 16 heavy (non-hydrogen) atoms. The van der Waals surface area contributed by atoms with Gasteiger partial charge in [0, 0.05) is 0 Å². The minimum Gasteiger partial charge on any atom is -0.389 e. The van der Waals surface area contributed by atoms with Crippen molar-refractivity contribution in [1.29, 1.82) is 0 Å². The fourth-order valence-corrected chi connectivity index (χ4v) is 2.10. The molecule has 1 nitrogen and oxygen atoms in total. The molecule has 0 saturated carbocycles. The van der Waals surface area contributed by atoms with Crippen molar-refractivity contribution < 1.29 is 9.50 Å². The van der Waals surface area contributed by atoms with E-state index < -0.39 is 0 Å². The standard InChI is InChI=1S/C14H17FO/c1-10-6-7-12(9-14(10)15)11-4-2-3-5-13(16)8-11/h6-9,13,16H,2-5H2,1H3. The third-order valence-electron chi connectivity index (χ3n) is 3.13. The van der Waals surface area contributed by atoms with Crippen molar-refractivity contribution in [3.8, 4) is 0 Å². The average Bonchev–Trinajstić information content (AvgIpc) is 2.47. The summed E-state index contributed by atoms with van der Waals surface area (Å²) in [6, 6.07) is 5.30. The van der Waals surface area contributed by atoms with Crippen molar-refractivity contribution in [3.63, 3.8) is 0 Å². The molecule has 0 heterocycles. The van der Waals surface area contributed by atoms with Crippen LogP contribution in [-0.2, 0) is 0 Å². The van der Waals surface area contributed by atoms with Crippen molar-refractivity contribution in [2.75, 3.05) is 0 Å². The van der Waals surface area contributed by atoms with Crippen LogP contribution in [0.4, 0.5) is 4.39 Å². The Morgan fingerprint density at radius 3 is 2.88 bits per heavy atom. The quantitative estimate of drug-likeness (QED) is 0.768. The Morgan fingerprint density at radius 2 is 2.12 bits per heavy atom. The van der Waals surface area contributed by atoms with E-state index in [2.05, 4.69) is 0 Å². The first kappa shape index (κ1) is 11.3. The number of aliphatic hydroxyl groups is 1. The van der Waals surface area contributed by atoms with Gasteiger partial charge < -0.3 is 5.11 Å². The van der Waals surface area contributed by atoms with Crippen molar-refractivity contribution in [2.24, 2.45) is 0 Å². The lowest BCUT2D eigenvalue weighted by Gasteiger charge is -2.07.